The number of aromatic nitrogens is 5. The Kier molecular flexibility index (Phi) is 3.18. The third-order valence-electron chi connectivity index (χ3n) is 4.22. The van der Waals surface area contributed by atoms with Gasteiger partial charge in [-0.3, -0.25) is 10.1 Å². The summed E-state index contributed by atoms with van der Waals surface area (Å²) >= 11 is 0. The first-order valence-electron chi connectivity index (χ1n) is 8.14. The maximum atomic E-state index is 6.01. The van der Waals surface area contributed by atoms with Crippen LogP contribution in [0.25, 0.3) is 33.5 Å². The van der Waals surface area contributed by atoms with Crippen molar-refractivity contribution in [3.05, 3.63) is 60.8 Å². The Morgan fingerprint density at radius 2 is 1.92 bits per heavy atom. The SMILES string of the molecule is Cc1cc(Nc2c(-c3ncccn3)oc3cnccc23)c2cn[nH]c2c1. The highest BCUT2D eigenvalue weighted by Gasteiger charge is 2.19. The Bertz CT molecular complexity index is 1220. The Labute approximate surface area is 148 Å². The van der Waals surface area contributed by atoms with Crippen LogP contribution < -0.4 is 5.32 Å². The molecule has 26 heavy (non-hydrogen) atoms. The molecule has 5 aromatic rings. The summed E-state index contributed by atoms with van der Waals surface area (Å²) < 4.78 is 6.01. The fourth-order valence-electron chi connectivity index (χ4n) is 3.08. The monoisotopic (exact) mass is 342 g/mol. The topological polar surface area (TPSA) is 92.5 Å². The van der Waals surface area contributed by atoms with Gasteiger partial charge >= 0.3 is 0 Å². The molecule has 0 spiro atoms. The molecule has 0 amide bonds. The second-order valence-corrected chi connectivity index (χ2v) is 6.02. The van der Waals surface area contributed by atoms with Gasteiger partial charge in [0.1, 0.15) is 0 Å². The molecule has 0 fully saturated rings. The second kappa shape index (κ2) is 5.66. The average molecular weight is 342 g/mol. The summed E-state index contributed by atoms with van der Waals surface area (Å²) in [7, 11) is 0. The van der Waals surface area contributed by atoms with E-state index in [1.807, 2.05) is 13.0 Å². The van der Waals surface area contributed by atoms with Crippen LogP contribution in [0.2, 0.25) is 0 Å². The lowest BCUT2D eigenvalue weighted by atomic mass is 10.1. The number of rotatable bonds is 3. The number of H-pyrrole nitrogens is 1. The van der Waals surface area contributed by atoms with Crippen molar-refractivity contribution in [2.45, 2.75) is 6.92 Å². The number of anilines is 2. The Morgan fingerprint density at radius 1 is 1.04 bits per heavy atom. The largest absolute Gasteiger partial charge is 0.449 e. The molecule has 4 heterocycles. The number of benzene rings is 1. The minimum atomic E-state index is 0.516. The van der Waals surface area contributed by atoms with Crippen molar-refractivity contribution in [2.24, 2.45) is 0 Å². The predicted molar refractivity (Wildman–Crippen MR) is 99.1 cm³/mol. The zero-order valence-electron chi connectivity index (χ0n) is 13.9. The Balaban J connectivity index is 1.74. The van der Waals surface area contributed by atoms with E-state index in [1.54, 1.807) is 37.1 Å². The van der Waals surface area contributed by atoms with Crippen molar-refractivity contribution in [3.63, 3.8) is 0 Å². The highest BCUT2D eigenvalue weighted by atomic mass is 16.3. The number of aryl methyl sites for hydroxylation is 1. The Morgan fingerprint density at radius 3 is 2.81 bits per heavy atom. The average Bonchev–Trinajstić information content (AvgIpc) is 3.27. The number of furan rings is 1. The normalized spacial score (nSPS) is 11.3. The van der Waals surface area contributed by atoms with Gasteiger partial charge in [-0.15, -0.1) is 0 Å². The molecule has 0 aliphatic carbocycles. The van der Waals surface area contributed by atoms with Crippen LogP contribution in [0.3, 0.4) is 0 Å². The van der Waals surface area contributed by atoms with E-state index in [0.29, 0.717) is 17.2 Å². The van der Waals surface area contributed by atoms with Crippen LogP contribution in [0.15, 0.2) is 59.7 Å². The number of hydrogen-bond acceptors (Lipinski definition) is 6. The lowest BCUT2D eigenvalue weighted by Crippen LogP contribution is -1.95. The summed E-state index contributed by atoms with van der Waals surface area (Å²) in [4.78, 5) is 12.8. The van der Waals surface area contributed by atoms with Gasteiger partial charge in [-0.2, -0.15) is 5.10 Å². The summed E-state index contributed by atoms with van der Waals surface area (Å²) in [6.45, 7) is 2.05. The number of fused-ring (bicyclic) bond motifs is 2. The van der Waals surface area contributed by atoms with E-state index in [9.17, 15) is 0 Å². The van der Waals surface area contributed by atoms with E-state index in [4.69, 9.17) is 4.42 Å². The summed E-state index contributed by atoms with van der Waals surface area (Å²) in [6, 6.07) is 7.83. The van der Waals surface area contributed by atoms with Crippen LogP contribution in [-0.2, 0) is 0 Å². The van der Waals surface area contributed by atoms with Crippen molar-refractivity contribution in [2.75, 3.05) is 5.32 Å². The molecule has 0 bridgehead atoms. The Hall–Kier alpha value is -3.74. The van der Waals surface area contributed by atoms with Crippen LogP contribution in [0.1, 0.15) is 5.56 Å². The molecule has 0 aliphatic heterocycles. The van der Waals surface area contributed by atoms with Crippen LogP contribution in [0.5, 0.6) is 0 Å². The molecule has 0 saturated carbocycles. The third kappa shape index (κ3) is 2.29. The van der Waals surface area contributed by atoms with Crippen molar-refractivity contribution < 1.29 is 4.42 Å². The van der Waals surface area contributed by atoms with Crippen molar-refractivity contribution in [3.8, 4) is 11.6 Å². The minimum absolute atomic E-state index is 0.516. The van der Waals surface area contributed by atoms with Crippen LogP contribution >= 0.6 is 0 Å². The van der Waals surface area contributed by atoms with Crippen LogP contribution in [0.4, 0.5) is 11.4 Å². The van der Waals surface area contributed by atoms with E-state index in [2.05, 4.69) is 42.6 Å². The lowest BCUT2D eigenvalue weighted by Gasteiger charge is -2.09. The molecular formula is C19H14N6O. The molecule has 4 aromatic heterocycles. The summed E-state index contributed by atoms with van der Waals surface area (Å²) in [5, 5.41) is 12.6. The molecule has 5 rings (SSSR count). The molecule has 0 saturated heterocycles. The summed E-state index contributed by atoms with van der Waals surface area (Å²) in [6.07, 6.45) is 8.62. The van der Waals surface area contributed by atoms with E-state index in [1.165, 1.54) is 0 Å². The maximum Gasteiger partial charge on any atom is 0.197 e. The maximum absolute atomic E-state index is 6.01. The molecule has 0 atom stereocenters. The first-order valence-corrected chi connectivity index (χ1v) is 8.14. The molecule has 126 valence electrons. The number of pyridine rings is 1. The third-order valence-corrected chi connectivity index (χ3v) is 4.22. The molecule has 7 nitrogen and oxygen atoms in total. The van der Waals surface area contributed by atoms with Crippen molar-refractivity contribution >= 4 is 33.2 Å². The van der Waals surface area contributed by atoms with Gasteiger partial charge in [-0.25, -0.2) is 9.97 Å². The first kappa shape index (κ1) is 14.6. The fraction of sp³-hybridized carbons (Fsp3) is 0.0526. The van der Waals surface area contributed by atoms with Gasteiger partial charge in [0.15, 0.2) is 17.2 Å². The smallest absolute Gasteiger partial charge is 0.197 e. The van der Waals surface area contributed by atoms with Gasteiger partial charge in [-0.05, 0) is 36.8 Å². The van der Waals surface area contributed by atoms with E-state index >= 15 is 0 Å². The molecule has 0 aliphatic rings. The number of nitrogens with zero attached hydrogens (tertiary/aromatic N) is 4. The molecular weight excluding hydrogens is 328 g/mol. The summed E-state index contributed by atoms with van der Waals surface area (Å²) in [5.41, 5.74) is 4.51. The van der Waals surface area contributed by atoms with Gasteiger partial charge in [0.05, 0.1) is 23.6 Å². The lowest BCUT2D eigenvalue weighted by molar-refractivity contribution is 0.624. The predicted octanol–water partition coefficient (Wildman–Crippen LogP) is 4.21. The van der Waals surface area contributed by atoms with E-state index in [0.717, 1.165) is 33.2 Å². The van der Waals surface area contributed by atoms with Gasteiger partial charge in [0, 0.05) is 35.1 Å². The van der Waals surface area contributed by atoms with Gasteiger partial charge < -0.3 is 9.73 Å². The minimum Gasteiger partial charge on any atom is -0.449 e. The van der Waals surface area contributed by atoms with E-state index < -0.39 is 0 Å². The molecule has 0 radical (unpaired) electrons. The standard InChI is InChI=1S/C19H14N6O/c1-11-7-14(13-9-23-25-15(13)8-11)24-17-12-3-6-20-10-16(12)26-18(17)19-21-4-2-5-22-19/h2-10,24H,1H3,(H,23,25). The highest BCUT2D eigenvalue weighted by molar-refractivity contribution is 6.02. The fourth-order valence-corrected chi connectivity index (χ4v) is 3.08. The number of nitrogens with one attached hydrogen (secondary N) is 2. The number of aromatic amines is 1. The zero-order chi connectivity index (χ0) is 17.5. The molecule has 0 unspecified atom stereocenters. The highest BCUT2D eigenvalue weighted by Crippen LogP contribution is 2.39. The molecule has 2 N–H and O–H groups in total. The van der Waals surface area contributed by atoms with Crippen molar-refractivity contribution in [1.29, 1.82) is 0 Å². The molecule has 7 heteroatoms. The second-order valence-electron chi connectivity index (χ2n) is 6.02. The van der Waals surface area contributed by atoms with E-state index in [-0.39, 0.29) is 0 Å². The van der Waals surface area contributed by atoms with Crippen LogP contribution in [-0.4, -0.2) is 25.1 Å². The van der Waals surface area contributed by atoms with Crippen LogP contribution in [0, 0.1) is 6.92 Å². The zero-order valence-corrected chi connectivity index (χ0v) is 13.9. The van der Waals surface area contributed by atoms with Gasteiger partial charge in [0.2, 0.25) is 0 Å². The van der Waals surface area contributed by atoms with Gasteiger partial charge in [0.25, 0.3) is 0 Å². The molecule has 1 aromatic carbocycles. The summed E-state index contributed by atoms with van der Waals surface area (Å²) in [5.74, 6) is 1.09. The number of hydrogen-bond donors (Lipinski definition) is 2. The quantitative estimate of drug-likeness (QED) is 0.510. The first-order chi connectivity index (χ1) is 12.8. The van der Waals surface area contributed by atoms with Gasteiger partial charge in [-0.1, -0.05) is 0 Å². The van der Waals surface area contributed by atoms with Crippen molar-refractivity contribution in [1.82, 2.24) is 25.1 Å².